The molecule has 0 unspecified atom stereocenters. The summed E-state index contributed by atoms with van der Waals surface area (Å²) >= 11 is 0. The van der Waals surface area contributed by atoms with Gasteiger partial charge in [-0.15, -0.1) is 0 Å². The van der Waals surface area contributed by atoms with Crippen molar-refractivity contribution in [3.05, 3.63) is 30.3 Å². The third kappa shape index (κ3) is 17.6. The molecule has 1 rings (SSSR count). The van der Waals surface area contributed by atoms with E-state index in [1.165, 1.54) is 38.5 Å². The molecule has 116 valence electrons. The molecule has 0 aliphatic rings. The summed E-state index contributed by atoms with van der Waals surface area (Å²) in [6, 6.07) is 10.1. The van der Waals surface area contributed by atoms with Crippen molar-refractivity contribution in [3.8, 4) is 5.75 Å². The van der Waals surface area contributed by atoms with Crippen molar-refractivity contribution in [3.63, 3.8) is 0 Å². The molecule has 0 aromatic heterocycles. The van der Waals surface area contributed by atoms with Crippen LogP contribution in [0.15, 0.2) is 30.3 Å². The fourth-order valence-corrected chi connectivity index (χ4v) is 1.59. The van der Waals surface area contributed by atoms with Crippen LogP contribution in [0.3, 0.4) is 0 Å². The highest BCUT2D eigenvalue weighted by Gasteiger charge is 1.92. The average molecular weight is 341 g/mol. The van der Waals surface area contributed by atoms with Crippen LogP contribution >= 0.6 is 21.4 Å². The lowest BCUT2D eigenvalue weighted by Crippen LogP contribution is -1.96. The Kier molecular flexibility index (Phi) is 12.0. The second kappa shape index (κ2) is 12.3. The molecular weight excluding hydrogens is 319 g/mol. The minimum absolute atomic E-state index is 0.857. The van der Waals surface area contributed by atoms with Crippen molar-refractivity contribution < 1.29 is 13.2 Å². The number of hydrogen-bond acceptors (Lipinski definition) is 3. The van der Waals surface area contributed by atoms with Gasteiger partial charge in [-0.2, -0.15) is 8.42 Å². The van der Waals surface area contributed by atoms with E-state index < -0.39 is 8.26 Å². The van der Waals surface area contributed by atoms with Crippen LogP contribution < -0.4 is 4.74 Å². The van der Waals surface area contributed by atoms with Gasteiger partial charge in [0.05, 0.1) is 6.61 Å². The molecule has 6 heteroatoms. The van der Waals surface area contributed by atoms with E-state index in [9.17, 15) is 0 Å². The Morgan fingerprint density at radius 3 is 2.00 bits per heavy atom. The molecule has 3 nitrogen and oxygen atoms in total. The van der Waals surface area contributed by atoms with E-state index in [0.29, 0.717) is 0 Å². The summed E-state index contributed by atoms with van der Waals surface area (Å²) in [7, 11) is 4.81. The van der Waals surface area contributed by atoms with E-state index in [4.69, 9.17) is 13.2 Å². The van der Waals surface area contributed by atoms with Gasteiger partial charge in [0, 0.05) is 21.4 Å². The van der Waals surface area contributed by atoms with Gasteiger partial charge in [-0.1, -0.05) is 57.2 Å². The van der Waals surface area contributed by atoms with Crippen LogP contribution in [0, 0.1) is 0 Å². The van der Waals surface area contributed by atoms with E-state index in [1.54, 1.807) is 0 Å². The molecule has 0 N–H and O–H groups in total. The zero-order valence-corrected chi connectivity index (χ0v) is 14.1. The number of ether oxygens (including phenoxy) is 1. The van der Waals surface area contributed by atoms with Crippen molar-refractivity contribution in [2.75, 3.05) is 6.61 Å². The summed E-state index contributed by atoms with van der Waals surface area (Å²) in [5.74, 6) is 0.992. The number of rotatable bonds is 8. The summed E-state index contributed by atoms with van der Waals surface area (Å²) in [5, 5.41) is 0. The van der Waals surface area contributed by atoms with E-state index in [-0.39, 0.29) is 0 Å². The molecule has 0 aliphatic heterocycles. The minimum Gasteiger partial charge on any atom is -0.494 e. The standard InChI is InChI=1S/C14H22O.Cl2O2S/c1-2-3-4-5-6-10-13-15-14-11-8-7-9-12-14;1-5(2,3)4/h7-9,11-12H,2-6,10,13H2,1H3;. The van der Waals surface area contributed by atoms with Gasteiger partial charge >= 0.3 is 8.26 Å². The molecule has 0 amide bonds. The lowest BCUT2D eigenvalue weighted by atomic mass is 10.1. The number of benzene rings is 1. The van der Waals surface area contributed by atoms with Crippen LogP contribution in [0.2, 0.25) is 0 Å². The number of para-hydroxylation sites is 1. The number of halogens is 2. The molecule has 0 heterocycles. The first-order valence-corrected chi connectivity index (χ1v) is 9.89. The molecule has 0 saturated carbocycles. The molecule has 0 aliphatic carbocycles. The number of unbranched alkanes of at least 4 members (excludes halogenated alkanes) is 5. The lowest BCUT2D eigenvalue weighted by molar-refractivity contribution is 0.304. The van der Waals surface area contributed by atoms with Crippen LogP contribution in [-0.4, -0.2) is 15.0 Å². The van der Waals surface area contributed by atoms with Gasteiger partial charge in [0.25, 0.3) is 0 Å². The van der Waals surface area contributed by atoms with E-state index in [1.807, 2.05) is 30.3 Å². The summed E-state index contributed by atoms with van der Waals surface area (Å²) in [5.41, 5.74) is 0. The van der Waals surface area contributed by atoms with Crippen molar-refractivity contribution in [1.82, 2.24) is 0 Å². The maximum Gasteiger partial charge on any atom is 0.317 e. The Morgan fingerprint density at radius 1 is 0.950 bits per heavy atom. The molecule has 0 saturated heterocycles. The summed E-state index contributed by atoms with van der Waals surface area (Å²) in [6.45, 7) is 3.11. The van der Waals surface area contributed by atoms with Gasteiger partial charge in [-0.3, -0.25) is 0 Å². The Balaban J connectivity index is 0.000000621. The maximum atomic E-state index is 9.16. The van der Waals surface area contributed by atoms with Crippen LogP contribution in [0.1, 0.15) is 45.4 Å². The Bertz CT molecular complexity index is 413. The first-order chi connectivity index (χ1) is 9.43. The van der Waals surface area contributed by atoms with Crippen LogP contribution in [0.4, 0.5) is 0 Å². The van der Waals surface area contributed by atoms with Gasteiger partial charge in [-0.05, 0) is 18.6 Å². The molecule has 0 bridgehead atoms. The first kappa shape index (κ1) is 19.6. The number of hydrogen-bond donors (Lipinski definition) is 0. The summed E-state index contributed by atoms with van der Waals surface area (Å²) in [4.78, 5) is 0. The Morgan fingerprint density at radius 2 is 1.45 bits per heavy atom. The highest BCUT2D eigenvalue weighted by molar-refractivity contribution is 8.31. The van der Waals surface area contributed by atoms with Crippen LogP contribution in [0.25, 0.3) is 0 Å². The average Bonchev–Trinajstić information content (AvgIpc) is 2.37. The van der Waals surface area contributed by atoms with E-state index in [2.05, 4.69) is 28.3 Å². The summed E-state index contributed by atoms with van der Waals surface area (Å²) in [6.07, 6.45) is 7.90. The molecule has 1 aromatic carbocycles. The lowest BCUT2D eigenvalue weighted by Gasteiger charge is -2.05. The summed E-state index contributed by atoms with van der Waals surface area (Å²) < 4.78 is 23.9. The predicted octanol–water partition coefficient (Wildman–Crippen LogP) is 5.13. The fourth-order valence-electron chi connectivity index (χ4n) is 1.59. The topological polar surface area (TPSA) is 43.4 Å². The molecular formula is C14H22Cl2O3S. The fraction of sp³-hybridized carbons (Fsp3) is 0.571. The largest absolute Gasteiger partial charge is 0.494 e. The third-order valence-corrected chi connectivity index (χ3v) is 2.51. The maximum absolute atomic E-state index is 9.16. The van der Waals surface area contributed by atoms with Gasteiger partial charge < -0.3 is 4.74 Å². The Hall–Kier alpha value is -0.450. The minimum atomic E-state index is -3.72. The Labute approximate surface area is 131 Å². The zero-order valence-electron chi connectivity index (χ0n) is 11.7. The van der Waals surface area contributed by atoms with Gasteiger partial charge in [0.2, 0.25) is 0 Å². The monoisotopic (exact) mass is 340 g/mol. The first-order valence-electron chi connectivity index (χ1n) is 6.75. The molecule has 0 radical (unpaired) electrons. The smallest absolute Gasteiger partial charge is 0.317 e. The zero-order chi connectivity index (χ0) is 15.3. The highest BCUT2D eigenvalue weighted by Crippen LogP contribution is 2.10. The quantitative estimate of drug-likeness (QED) is 0.486. The second-order valence-corrected chi connectivity index (χ2v) is 7.98. The molecule has 1 aromatic rings. The van der Waals surface area contributed by atoms with Gasteiger partial charge in [0.15, 0.2) is 0 Å². The highest BCUT2D eigenvalue weighted by atomic mass is 36.0. The third-order valence-electron chi connectivity index (χ3n) is 2.51. The van der Waals surface area contributed by atoms with Crippen molar-refractivity contribution in [2.24, 2.45) is 0 Å². The van der Waals surface area contributed by atoms with Crippen LogP contribution in [0.5, 0.6) is 5.75 Å². The second-order valence-electron chi connectivity index (χ2n) is 4.31. The molecule has 0 spiro atoms. The molecule has 0 atom stereocenters. The SMILES string of the molecule is CCCCCCCCOc1ccccc1.O=S(=O)(Cl)Cl. The van der Waals surface area contributed by atoms with Crippen molar-refractivity contribution in [1.29, 1.82) is 0 Å². The van der Waals surface area contributed by atoms with Crippen LogP contribution in [-0.2, 0) is 8.26 Å². The van der Waals surface area contributed by atoms with Gasteiger partial charge in [-0.25, -0.2) is 0 Å². The van der Waals surface area contributed by atoms with Crippen molar-refractivity contribution in [2.45, 2.75) is 45.4 Å². The predicted molar refractivity (Wildman–Crippen MR) is 85.9 cm³/mol. The molecule has 0 fully saturated rings. The normalized spacial score (nSPS) is 10.6. The molecule has 20 heavy (non-hydrogen) atoms. The van der Waals surface area contributed by atoms with E-state index >= 15 is 0 Å². The van der Waals surface area contributed by atoms with E-state index in [0.717, 1.165) is 12.4 Å². The van der Waals surface area contributed by atoms with Gasteiger partial charge in [0.1, 0.15) is 5.75 Å². The van der Waals surface area contributed by atoms with Crippen molar-refractivity contribution >= 4 is 29.6 Å².